The molecule has 0 aliphatic carbocycles. The number of thioether (sulfide) groups is 1. The van der Waals surface area contributed by atoms with E-state index in [4.69, 9.17) is 9.72 Å². The van der Waals surface area contributed by atoms with Crippen LogP contribution in [0.25, 0.3) is 16.6 Å². The molecule has 1 saturated heterocycles. The number of aryl methyl sites for hydroxylation is 2. The third-order valence-corrected chi connectivity index (χ3v) is 7.05. The Balaban J connectivity index is 1.57. The molecule has 0 atom stereocenters. The van der Waals surface area contributed by atoms with Crippen LogP contribution < -0.4 is 5.56 Å². The maximum atomic E-state index is 13.5. The summed E-state index contributed by atoms with van der Waals surface area (Å²) in [7, 11) is 0. The van der Waals surface area contributed by atoms with Crippen LogP contribution in [0.1, 0.15) is 30.9 Å². The van der Waals surface area contributed by atoms with Gasteiger partial charge in [-0.25, -0.2) is 4.98 Å². The highest BCUT2D eigenvalue weighted by Crippen LogP contribution is 2.25. The zero-order chi connectivity index (χ0) is 24.2. The van der Waals surface area contributed by atoms with E-state index in [1.54, 1.807) is 22.5 Å². The molecule has 7 nitrogen and oxygen atoms in total. The fraction of sp³-hybridized carbons (Fsp3) is 0.385. The van der Waals surface area contributed by atoms with Crippen LogP contribution in [-0.2, 0) is 14.3 Å². The fourth-order valence-corrected chi connectivity index (χ4v) is 5.23. The average molecular weight is 480 g/mol. The number of carbonyl (C=O) groups excluding carboxylic acids is 2. The van der Waals surface area contributed by atoms with Gasteiger partial charge in [-0.3, -0.25) is 19.0 Å². The van der Waals surface area contributed by atoms with Crippen molar-refractivity contribution in [3.05, 3.63) is 63.9 Å². The van der Waals surface area contributed by atoms with Crippen molar-refractivity contribution in [2.75, 3.05) is 25.4 Å². The Bertz CT molecular complexity index is 1280. The summed E-state index contributed by atoms with van der Waals surface area (Å²) in [5, 5.41) is 1.03. The van der Waals surface area contributed by atoms with Crippen molar-refractivity contribution in [2.45, 2.75) is 38.8 Å². The predicted octanol–water partition coefficient (Wildman–Crippen LogP) is 3.90. The average Bonchev–Trinajstić information content (AvgIpc) is 2.83. The van der Waals surface area contributed by atoms with Crippen molar-refractivity contribution in [1.29, 1.82) is 0 Å². The van der Waals surface area contributed by atoms with Gasteiger partial charge in [-0.1, -0.05) is 41.6 Å². The summed E-state index contributed by atoms with van der Waals surface area (Å²) in [6.45, 7) is 7.20. The zero-order valence-electron chi connectivity index (χ0n) is 19.7. The smallest absolute Gasteiger partial charge is 0.309 e. The molecule has 1 aliphatic heterocycles. The molecule has 1 amide bonds. The summed E-state index contributed by atoms with van der Waals surface area (Å²) < 4.78 is 6.73. The lowest BCUT2D eigenvalue weighted by atomic mass is 9.97. The van der Waals surface area contributed by atoms with Crippen molar-refractivity contribution in [3.63, 3.8) is 0 Å². The molecular weight excluding hydrogens is 450 g/mol. The molecule has 0 radical (unpaired) electrons. The highest BCUT2D eigenvalue weighted by atomic mass is 32.2. The SMILES string of the molecule is CCOC(=O)C1CCN(C(=O)CSc2nc3ccccc3c(=O)n2-c2ccc(C)cc2C)CC1. The van der Waals surface area contributed by atoms with E-state index >= 15 is 0 Å². The Kier molecular flexibility index (Phi) is 7.36. The zero-order valence-corrected chi connectivity index (χ0v) is 20.6. The summed E-state index contributed by atoms with van der Waals surface area (Å²) in [6, 6.07) is 13.2. The second-order valence-corrected chi connectivity index (χ2v) is 9.48. The van der Waals surface area contributed by atoms with Crippen LogP contribution in [0.3, 0.4) is 0 Å². The number of piperidine rings is 1. The number of amides is 1. The third-order valence-electron chi connectivity index (χ3n) is 6.13. The van der Waals surface area contributed by atoms with Crippen molar-refractivity contribution in [2.24, 2.45) is 5.92 Å². The molecule has 2 aromatic carbocycles. The molecule has 1 fully saturated rings. The number of hydrogen-bond donors (Lipinski definition) is 0. The fourth-order valence-electron chi connectivity index (χ4n) is 4.32. The van der Waals surface area contributed by atoms with Gasteiger partial charge in [0.2, 0.25) is 5.91 Å². The molecule has 3 aromatic rings. The van der Waals surface area contributed by atoms with Gasteiger partial charge in [0.25, 0.3) is 5.56 Å². The first-order chi connectivity index (χ1) is 16.4. The minimum atomic E-state index is -0.179. The monoisotopic (exact) mass is 479 g/mol. The van der Waals surface area contributed by atoms with E-state index in [2.05, 4.69) is 0 Å². The minimum Gasteiger partial charge on any atom is -0.466 e. The van der Waals surface area contributed by atoms with E-state index in [1.165, 1.54) is 11.8 Å². The normalized spacial score (nSPS) is 14.4. The first-order valence-electron chi connectivity index (χ1n) is 11.6. The first kappa shape index (κ1) is 24.0. The molecule has 0 spiro atoms. The topological polar surface area (TPSA) is 81.5 Å². The van der Waals surface area contributed by atoms with Crippen LogP contribution >= 0.6 is 11.8 Å². The van der Waals surface area contributed by atoms with Gasteiger partial charge in [-0.05, 0) is 57.4 Å². The van der Waals surface area contributed by atoms with Gasteiger partial charge >= 0.3 is 5.97 Å². The number of benzene rings is 2. The second kappa shape index (κ2) is 10.4. The van der Waals surface area contributed by atoms with Crippen molar-refractivity contribution in [1.82, 2.24) is 14.5 Å². The highest BCUT2D eigenvalue weighted by Gasteiger charge is 2.28. The van der Waals surface area contributed by atoms with Gasteiger partial charge in [-0.2, -0.15) is 0 Å². The Morgan fingerprint density at radius 3 is 2.56 bits per heavy atom. The molecule has 1 aromatic heterocycles. The molecule has 1 aliphatic rings. The number of esters is 1. The molecule has 178 valence electrons. The van der Waals surface area contributed by atoms with Crippen LogP contribution in [0.15, 0.2) is 52.4 Å². The van der Waals surface area contributed by atoms with Crippen molar-refractivity contribution in [3.8, 4) is 5.69 Å². The van der Waals surface area contributed by atoms with Gasteiger partial charge < -0.3 is 9.64 Å². The predicted molar refractivity (Wildman–Crippen MR) is 133 cm³/mol. The Morgan fingerprint density at radius 1 is 1.12 bits per heavy atom. The Labute approximate surface area is 203 Å². The molecule has 0 unspecified atom stereocenters. The molecule has 34 heavy (non-hydrogen) atoms. The lowest BCUT2D eigenvalue weighted by molar-refractivity contribution is -0.151. The number of aromatic nitrogens is 2. The molecule has 8 heteroatoms. The number of hydrogen-bond acceptors (Lipinski definition) is 6. The van der Waals surface area contributed by atoms with Gasteiger partial charge in [-0.15, -0.1) is 0 Å². The van der Waals surface area contributed by atoms with Gasteiger partial charge in [0.15, 0.2) is 5.16 Å². The number of rotatable bonds is 6. The third kappa shape index (κ3) is 5.01. The van der Waals surface area contributed by atoms with E-state index in [0.717, 1.165) is 16.8 Å². The largest absolute Gasteiger partial charge is 0.466 e. The maximum Gasteiger partial charge on any atom is 0.309 e. The lowest BCUT2D eigenvalue weighted by Gasteiger charge is -2.30. The van der Waals surface area contributed by atoms with E-state index in [9.17, 15) is 14.4 Å². The summed E-state index contributed by atoms with van der Waals surface area (Å²) in [6.07, 6.45) is 1.22. The van der Waals surface area contributed by atoms with Gasteiger partial charge in [0.1, 0.15) is 0 Å². The molecule has 4 rings (SSSR count). The van der Waals surface area contributed by atoms with E-state index in [1.807, 2.05) is 50.2 Å². The van der Waals surface area contributed by atoms with E-state index < -0.39 is 0 Å². The molecule has 0 saturated carbocycles. The van der Waals surface area contributed by atoms with Crippen molar-refractivity contribution >= 4 is 34.5 Å². The Morgan fingerprint density at radius 2 is 1.85 bits per heavy atom. The second-order valence-electron chi connectivity index (χ2n) is 8.54. The molecule has 0 N–H and O–H groups in total. The Hall–Kier alpha value is -3.13. The number of carbonyl (C=O) groups is 2. The van der Waals surface area contributed by atoms with Crippen LogP contribution in [0.5, 0.6) is 0 Å². The van der Waals surface area contributed by atoms with Crippen LogP contribution in [0, 0.1) is 19.8 Å². The number of para-hydroxylation sites is 1. The minimum absolute atomic E-state index is 0.0260. The first-order valence-corrected chi connectivity index (χ1v) is 12.5. The number of nitrogens with zero attached hydrogens (tertiary/aromatic N) is 3. The van der Waals surface area contributed by atoms with Crippen LogP contribution in [-0.4, -0.2) is 51.8 Å². The summed E-state index contributed by atoms with van der Waals surface area (Å²) in [5.74, 6) is -0.183. The van der Waals surface area contributed by atoms with Gasteiger partial charge in [0, 0.05) is 13.1 Å². The highest BCUT2D eigenvalue weighted by molar-refractivity contribution is 7.99. The summed E-state index contributed by atoms with van der Waals surface area (Å²) in [5.41, 5.74) is 3.30. The van der Waals surface area contributed by atoms with Gasteiger partial charge in [0.05, 0.1) is 34.9 Å². The van der Waals surface area contributed by atoms with Crippen LogP contribution in [0.2, 0.25) is 0 Å². The van der Waals surface area contributed by atoms with Crippen LogP contribution in [0.4, 0.5) is 0 Å². The van der Waals surface area contributed by atoms with E-state index in [0.29, 0.717) is 48.6 Å². The molecule has 0 bridgehead atoms. The molecular formula is C26H29N3O4S. The summed E-state index contributed by atoms with van der Waals surface area (Å²) >= 11 is 1.27. The number of fused-ring (bicyclic) bond motifs is 1. The molecule has 2 heterocycles. The summed E-state index contributed by atoms with van der Waals surface area (Å²) in [4.78, 5) is 44.9. The van der Waals surface area contributed by atoms with E-state index in [-0.39, 0.29) is 29.1 Å². The number of likely N-dealkylation sites (tertiary alicyclic amines) is 1. The quantitative estimate of drug-likeness (QED) is 0.303. The number of ether oxygens (including phenoxy) is 1. The lowest BCUT2D eigenvalue weighted by Crippen LogP contribution is -2.41. The standard InChI is InChI=1S/C26H29N3O4S/c1-4-33-25(32)19-11-13-28(14-12-19)23(30)16-34-26-27-21-8-6-5-7-20(21)24(31)29(26)22-10-9-17(2)15-18(22)3/h5-10,15,19H,4,11-14,16H2,1-3H3. The maximum absolute atomic E-state index is 13.5. The van der Waals surface area contributed by atoms with Crippen molar-refractivity contribution < 1.29 is 14.3 Å².